The highest BCUT2D eigenvalue weighted by atomic mass is 14.6. The van der Waals surface area contributed by atoms with E-state index in [1.807, 2.05) is 0 Å². The van der Waals surface area contributed by atoms with Crippen molar-refractivity contribution in [1.29, 1.82) is 0 Å². The monoisotopic (exact) mass is 159 g/mol. The molecule has 1 heteroatoms. The molecule has 0 spiro atoms. The van der Waals surface area contributed by atoms with Crippen molar-refractivity contribution in [1.82, 2.24) is 0 Å². The predicted molar refractivity (Wildman–Crippen MR) is 51.1 cm³/mol. The maximum atomic E-state index is 6.70. The Labute approximate surface area is 73.9 Å². The van der Waals surface area contributed by atoms with Crippen LogP contribution in [-0.4, -0.2) is 6.54 Å². The molecular weight excluding hydrogens is 146 g/mol. The van der Waals surface area contributed by atoms with Crippen molar-refractivity contribution >= 4 is 0 Å². The quantitative estimate of drug-likeness (QED) is 0.584. The van der Waals surface area contributed by atoms with E-state index in [0.717, 1.165) is 6.42 Å². The Hall–Kier alpha value is -1.29. The minimum atomic E-state index is 0.601. The summed E-state index contributed by atoms with van der Waals surface area (Å²) in [6, 6.07) is 6.27. The van der Waals surface area contributed by atoms with E-state index in [2.05, 4.69) is 36.9 Å². The third kappa shape index (κ3) is 1.85. The van der Waals surface area contributed by atoms with E-state index in [4.69, 9.17) is 6.57 Å². The lowest BCUT2D eigenvalue weighted by Crippen LogP contribution is -1.93. The highest BCUT2D eigenvalue weighted by molar-refractivity contribution is 5.33. The van der Waals surface area contributed by atoms with Gasteiger partial charge in [-0.25, -0.2) is 6.57 Å². The van der Waals surface area contributed by atoms with E-state index in [1.54, 1.807) is 0 Å². The summed E-state index contributed by atoms with van der Waals surface area (Å²) in [4.78, 5) is 3.35. The van der Waals surface area contributed by atoms with Crippen LogP contribution in [0.3, 0.4) is 0 Å². The summed E-state index contributed by atoms with van der Waals surface area (Å²) >= 11 is 0. The summed E-state index contributed by atoms with van der Waals surface area (Å²) in [5.74, 6) is 0. The van der Waals surface area contributed by atoms with Crippen LogP contribution in [0.2, 0.25) is 0 Å². The first kappa shape index (κ1) is 8.80. The van der Waals surface area contributed by atoms with Gasteiger partial charge in [0, 0.05) is 6.42 Å². The number of nitrogens with zero attached hydrogens (tertiary/aromatic N) is 1. The zero-order valence-corrected chi connectivity index (χ0v) is 7.59. The van der Waals surface area contributed by atoms with E-state index in [9.17, 15) is 0 Å². The molecule has 1 aromatic carbocycles. The second-order valence-corrected chi connectivity index (χ2v) is 2.99. The minimum Gasteiger partial charge on any atom is -0.317 e. The van der Waals surface area contributed by atoms with Gasteiger partial charge in [-0.15, -0.1) is 0 Å². The SMILES string of the molecule is [C-]#[N+]CCc1cccc(C)c1C. The first-order valence-electron chi connectivity index (χ1n) is 4.14. The molecule has 0 aliphatic rings. The number of benzene rings is 1. The number of hydrogen-bond acceptors (Lipinski definition) is 0. The largest absolute Gasteiger partial charge is 0.317 e. The van der Waals surface area contributed by atoms with E-state index in [0.29, 0.717) is 6.54 Å². The van der Waals surface area contributed by atoms with Crippen LogP contribution in [0.25, 0.3) is 4.85 Å². The molecule has 1 nitrogen and oxygen atoms in total. The van der Waals surface area contributed by atoms with Gasteiger partial charge in [-0.2, -0.15) is 0 Å². The maximum absolute atomic E-state index is 6.70. The van der Waals surface area contributed by atoms with E-state index in [-0.39, 0.29) is 0 Å². The van der Waals surface area contributed by atoms with Crippen LogP contribution in [0, 0.1) is 20.4 Å². The number of hydrogen-bond donors (Lipinski definition) is 0. The van der Waals surface area contributed by atoms with Gasteiger partial charge in [0.15, 0.2) is 0 Å². The van der Waals surface area contributed by atoms with Gasteiger partial charge >= 0.3 is 0 Å². The molecule has 0 N–H and O–H groups in total. The Morgan fingerprint density at radius 2 is 2.08 bits per heavy atom. The lowest BCUT2D eigenvalue weighted by Gasteiger charge is -2.04. The van der Waals surface area contributed by atoms with Crippen molar-refractivity contribution in [2.45, 2.75) is 20.3 Å². The summed E-state index contributed by atoms with van der Waals surface area (Å²) in [6.45, 7) is 11.5. The van der Waals surface area contributed by atoms with Crippen LogP contribution in [0.15, 0.2) is 18.2 Å². The highest BCUT2D eigenvalue weighted by Gasteiger charge is 2.00. The normalized spacial score (nSPS) is 9.42. The first-order chi connectivity index (χ1) is 5.75. The maximum Gasteiger partial charge on any atom is 0.218 e. The van der Waals surface area contributed by atoms with Crippen molar-refractivity contribution < 1.29 is 0 Å². The molecule has 0 amide bonds. The van der Waals surface area contributed by atoms with Crippen molar-refractivity contribution in [2.75, 3.05) is 6.54 Å². The molecule has 1 rings (SSSR count). The third-order valence-corrected chi connectivity index (χ3v) is 2.21. The van der Waals surface area contributed by atoms with Gasteiger partial charge in [-0.1, -0.05) is 18.2 Å². The van der Waals surface area contributed by atoms with Gasteiger partial charge in [0.1, 0.15) is 0 Å². The summed E-state index contributed by atoms with van der Waals surface area (Å²) in [7, 11) is 0. The van der Waals surface area contributed by atoms with Crippen LogP contribution in [0.4, 0.5) is 0 Å². The van der Waals surface area contributed by atoms with Gasteiger partial charge in [0.25, 0.3) is 0 Å². The van der Waals surface area contributed by atoms with Gasteiger partial charge < -0.3 is 4.85 Å². The second-order valence-electron chi connectivity index (χ2n) is 2.99. The Kier molecular flexibility index (Phi) is 2.88. The summed E-state index contributed by atoms with van der Waals surface area (Å²) in [6.07, 6.45) is 0.886. The molecular formula is C11H13N. The molecule has 0 radical (unpaired) electrons. The lowest BCUT2D eigenvalue weighted by molar-refractivity contribution is 1.05. The molecule has 0 atom stereocenters. The van der Waals surface area contributed by atoms with Crippen molar-refractivity contribution in [3.63, 3.8) is 0 Å². The van der Waals surface area contributed by atoms with Gasteiger partial charge in [0.2, 0.25) is 6.54 Å². The fourth-order valence-corrected chi connectivity index (χ4v) is 1.26. The molecule has 0 aromatic heterocycles. The molecule has 1 aromatic rings. The fraction of sp³-hybridized carbons (Fsp3) is 0.364. The van der Waals surface area contributed by atoms with E-state index in [1.165, 1.54) is 16.7 Å². The van der Waals surface area contributed by atoms with Crippen LogP contribution >= 0.6 is 0 Å². The van der Waals surface area contributed by atoms with Crippen LogP contribution in [-0.2, 0) is 6.42 Å². The molecule has 0 saturated carbocycles. The molecule has 0 saturated heterocycles. The minimum absolute atomic E-state index is 0.601. The average Bonchev–Trinajstić information content (AvgIpc) is 2.08. The first-order valence-corrected chi connectivity index (χ1v) is 4.14. The smallest absolute Gasteiger partial charge is 0.218 e. The van der Waals surface area contributed by atoms with Crippen molar-refractivity contribution in [3.8, 4) is 0 Å². The molecule has 0 aliphatic carbocycles. The van der Waals surface area contributed by atoms with Gasteiger partial charge in [-0.05, 0) is 30.5 Å². The molecule has 0 bridgehead atoms. The molecule has 0 aliphatic heterocycles. The molecule has 12 heavy (non-hydrogen) atoms. The summed E-state index contributed by atoms with van der Waals surface area (Å²) in [5, 5.41) is 0. The van der Waals surface area contributed by atoms with E-state index >= 15 is 0 Å². The summed E-state index contributed by atoms with van der Waals surface area (Å²) in [5.41, 5.74) is 3.96. The second kappa shape index (κ2) is 3.92. The zero-order chi connectivity index (χ0) is 8.97. The predicted octanol–water partition coefficient (Wildman–Crippen LogP) is 2.77. The molecule has 0 unspecified atom stereocenters. The third-order valence-electron chi connectivity index (χ3n) is 2.21. The number of aryl methyl sites for hydroxylation is 1. The average molecular weight is 159 g/mol. The van der Waals surface area contributed by atoms with Crippen LogP contribution < -0.4 is 0 Å². The van der Waals surface area contributed by atoms with Gasteiger partial charge in [-0.3, -0.25) is 0 Å². The lowest BCUT2D eigenvalue weighted by atomic mass is 10.0. The molecule has 62 valence electrons. The van der Waals surface area contributed by atoms with Crippen molar-refractivity contribution in [3.05, 3.63) is 46.3 Å². The Morgan fingerprint density at radius 3 is 2.75 bits per heavy atom. The van der Waals surface area contributed by atoms with E-state index < -0.39 is 0 Å². The summed E-state index contributed by atoms with van der Waals surface area (Å²) < 4.78 is 0. The number of rotatable bonds is 2. The fourth-order valence-electron chi connectivity index (χ4n) is 1.26. The molecule has 0 fully saturated rings. The van der Waals surface area contributed by atoms with Crippen LogP contribution in [0.5, 0.6) is 0 Å². The standard InChI is InChI=1S/C11H13N/c1-9-5-4-6-11(10(9)2)7-8-12-3/h4-6H,7-8H2,1-2H3. The topological polar surface area (TPSA) is 4.36 Å². The highest BCUT2D eigenvalue weighted by Crippen LogP contribution is 2.12. The van der Waals surface area contributed by atoms with Crippen LogP contribution in [0.1, 0.15) is 16.7 Å². The zero-order valence-electron chi connectivity index (χ0n) is 7.59. The molecule has 0 heterocycles. The Bertz CT molecular complexity index is 307. The Morgan fingerprint density at radius 1 is 1.33 bits per heavy atom. The van der Waals surface area contributed by atoms with Crippen molar-refractivity contribution in [2.24, 2.45) is 0 Å². The Balaban J connectivity index is 2.86. The van der Waals surface area contributed by atoms with Gasteiger partial charge in [0.05, 0.1) is 0 Å².